The SMILES string of the molecule is CCOc1ccc(Nc2ncc(C(=O)NCCc3cccc(OC)c3)cn2)cc1. The lowest BCUT2D eigenvalue weighted by Crippen LogP contribution is -2.26. The molecule has 0 aliphatic carbocycles. The van der Waals surface area contributed by atoms with Gasteiger partial charge in [-0.15, -0.1) is 0 Å². The zero-order valence-electron chi connectivity index (χ0n) is 16.5. The number of anilines is 2. The van der Waals surface area contributed by atoms with Crippen LogP contribution in [0.1, 0.15) is 22.8 Å². The predicted molar refractivity (Wildman–Crippen MR) is 112 cm³/mol. The van der Waals surface area contributed by atoms with E-state index in [0.717, 1.165) is 22.7 Å². The summed E-state index contributed by atoms with van der Waals surface area (Å²) in [5.41, 5.74) is 2.34. The Labute approximate surface area is 170 Å². The van der Waals surface area contributed by atoms with Crippen molar-refractivity contribution in [3.63, 3.8) is 0 Å². The number of amides is 1. The number of hydrogen-bond acceptors (Lipinski definition) is 6. The minimum absolute atomic E-state index is 0.208. The lowest BCUT2D eigenvalue weighted by molar-refractivity contribution is 0.0953. The van der Waals surface area contributed by atoms with E-state index in [4.69, 9.17) is 9.47 Å². The van der Waals surface area contributed by atoms with Crippen LogP contribution in [0.4, 0.5) is 11.6 Å². The Morgan fingerprint density at radius 1 is 1.03 bits per heavy atom. The van der Waals surface area contributed by atoms with Gasteiger partial charge in [-0.3, -0.25) is 4.79 Å². The molecule has 0 bridgehead atoms. The molecule has 7 nitrogen and oxygen atoms in total. The maximum absolute atomic E-state index is 12.3. The van der Waals surface area contributed by atoms with Gasteiger partial charge in [-0.05, 0) is 55.3 Å². The number of nitrogens with one attached hydrogen (secondary N) is 2. The number of ether oxygens (including phenoxy) is 2. The van der Waals surface area contributed by atoms with E-state index in [1.165, 1.54) is 12.4 Å². The molecule has 1 heterocycles. The van der Waals surface area contributed by atoms with Crippen molar-refractivity contribution in [3.05, 3.63) is 72.1 Å². The number of carbonyl (C=O) groups is 1. The molecule has 0 spiro atoms. The molecule has 150 valence electrons. The van der Waals surface area contributed by atoms with Gasteiger partial charge >= 0.3 is 0 Å². The van der Waals surface area contributed by atoms with Gasteiger partial charge in [0, 0.05) is 24.6 Å². The van der Waals surface area contributed by atoms with Crippen LogP contribution < -0.4 is 20.1 Å². The largest absolute Gasteiger partial charge is 0.497 e. The summed E-state index contributed by atoms with van der Waals surface area (Å²) in [4.78, 5) is 20.7. The highest BCUT2D eigenvalue weighted by Crippen LogP contribution is 2.18. The summed E-state index contributed by atoms with van der Waals surface area (Å²) in [5, 5.41) is 5.97. The van der Waals surface area contributed by atoms with E-state index in [1.54, 1.807) is 7.11 Å². The topological polar surface area (TPSA) is 85.4 Å². The lowest BCUT2D eigenvalue weighted by atomic mass is 10.1. The first-order valence-electron chi connectivity index (χ1n) is 9.41. The molecule has 0 radical (unpaired) electrons. The number of aromatic nitrogens is 2. The molecule has 0 aliphatic heterocycles. The maximum Gasteiger partial charge on any atom is 0.254 e. The Bertz CT molecular complexity index is 928. The summed E-state index contributed by atoms with van der Waals surface area (Å²) >= 11 is 0. The van der Waals surface area contributed by atoms with Gasteiger partial charge in [0.2, 0.25) is 5.95 Å². The highest BCUT2D eigenvalue weighted by atomic mass is 16.5. The van der Waals surface area contributed by atoms with Crippen LogP contribution in [-0.2, 0) is 6.42 Å². The minimum atomic E-state index is -0.208. The van der Waals surface area contributed by atoms with E-state index in [2.05, 4.69) is 20.6 Å². The average molecular weight is 392 g/mol. The molecule has 7 heteroatoms. The van der Waals surface area contributed by atoms with Crippen LogP contribution in [0.25, 0.3) is 0 Å². The van der Waals surface area contributed by atoms with Crippen LogP contribution >= 0.6 is 0 Å². The quantitative estimate of drug-likeness (QED) is 0.579. The fraction of sp³-hybridized carbons (Fsp3) is 0.227. The molecule has 0 saturated heterocycles. The highest BCUT2D eigenvalue weighted by Gasteiger charge is 2.07. The van der Waals surface area contributed by atoms with Crippen LogP contribution in [0.15, 0.2) is 60.9 Å². The third-order valence-corrected chi connectivity index (χ3v) is 4.17. The van der Waals surface area contributed by atoms with E-state index < -0.39 is 0 Å². The van der Waals surface area contributed by atoms with E-state index in [0.29, 0.717) is 31.1 Å². The molecule has 0 unspecified atom stereocenters. The highest BCUT2D eigenvalue weighted by molar-refractivity contribution is 5.93. The van der Waals surface area contributed by atoms with Gasteiger partial charge in [0.25, 0.3) is 5.91 Å². The van der Waals surface area contributed by atoms with Crippen LogP contribution in [0.2, 0.25) is 0 Å². The van der Waals surface area contributed by atoms with Crippen LogP contribution in [0.3, 0.4) is 0 Å². The summed E-state index contributed by atoms with van der Waals surface area (Å²) in [7, 11) is 1.63. The van der Waals surface area contributed by atoms with Crippen LogP contribution in [0.5, 0.6) is 11.5 Å². The van der Waals surface area contributed by atoms with Crippen molar-refractivity contribution < 1.29 is 14.3 Å². The van der Waals surface area contributed by atoms with Gasteiger partial charge in [-0.1, -0.05) is 12.1 Å². The number of methoxy groups -OCH3 is 1. The zero-order chi connectivity index (χ0) is 20.5. The fourth-order valence-corrected chi connectivity index (χ4v) is 2.69. The van der Waals surface area contributed by atoms with Crippen molar-refractivity contribution in [2.75, 3.05) is 25.6 Å². The summed E-state index contributed by atoms with van der Waals surface area (Å²) in [6.45, 7) is 3.08. The molecule has 1 amide bonds. The van der Waals surface area contributed by atoms with Gasteiger partial charge in [-0.2, -0.15) is 0 Å². The van der Waals surface area contributed by atoms with E-state index in [9.17, 15) is 4.79 Å². The number of rotatable bonds is 9. The molecular weight excluding hydrogens is 368 g/mol. The summed E-state index contributed by atoms with van der Waals surface area (Å²) in [6.07, 6.45) is 3.72. The lowest BCUT2D eigenvalue weighted by Gasteiger charge is -2.08. The van der Waals surface area contributed by atoms with Crippen molar-refractivity contribution >= 4 is 17.5 Å². The molecule has 2 N–H and O–H groups in total. The van der Waals surface area contributed by atoms with Crippen molar-refractivity contribution in [3.8, 4) is 11.5 Å². The first-order valence-corrected chi connectivity index (χ1v) is 9.41. The number of nitrogens with zero attached hydrogens (tertiary/aromatic N) is 2. The van der Waals surface area contributed by atoms with Crippen molar-refractivity contribution in [2.24, 2.45) is 0 Å². The molecule has 0 fully saturated rings. The number of carbonyl (C=O) groups excluding carboxylic acids is 1. The Morgan fingerprint density at radius 2 is 1.79 bits per heavy atom. The second-order valence-corrected chi connectivity index (χ2v) is 6.24. The fourth-order valence-electron chi connectivity index (χ4n) is 2.69. The van der Waals surface area contributed by atoms with Gasteiger partial charge in [-0.25, -0.2) is 9.97 Å². The van der Waals surface area contributed by atoms with Gasteiger partial charge in [0.05, 0.1) is 19.3 Å². The van der Waals surface area contributed by atoms with Crippen molar-refractivity contribution in [1.29, 1.82) is 0 Å². The average Bonchev–Trinajstić information content (AvgIpc) is 2.76. The van der Waals surface area contributed by atoms with Gasteiger partial charge < -0.3 is 20.1 Å². The summed E-state index contributed by atoms with van der Waals surface area (Å²) < 4.78 is 10.6. The van der Waals surface area contributed by atoms with Crippen molar-refractivity contribution in [2.45, 2.75) is 13.3 Å². The number of benzene rings is 2. The van der Waals surface area contributed by atoms with Crippen LogP contribution in [0, 0.1) is 0 Å². The summed E-state index contributed by atoms with van der Waals surface area (Å²) in [5.74, 6) is 1.82. The Balaban J connectivity index is 1.50. The molecule has 3 aromatic rings. The molecule has 1 aromatic heterocycles. The molecular formula is C22H24N4O3. The minimum Gasteiger partial charge on any atom is -0.497 e. The third-order valence-electron chi connectivity index (χ3n) is 4.17. The Hall–Kier alpha value is -3.61. The van der Waals surface area contributed by atoms with Gasteiger partial charge in [0.15, 0.2) is 0 Å². The second kappa shape index (κ2) is 10.1. The normalized spacial score (nSPS) is 10.3. The van der Waals surface area contributed by atoms with Crippen molar-refractivity contribution in [1.82, 2.24) is 15.3 Å². The predicted octanol–water partition coefficient (Wildman–Crippen LogP) is 3.60. The molecule has 0 atom stereocenters. The monoisotopic (exact) mass is 392 g/mol. The molecule has 2 aromatic carbocycles. The molecule has 0 saturated carbocycles. The second-order valence-electron chi connectivity index (χ2n) is 6.24. The zero-order valence-corrected chi connectivity index (χ0v) is 16.5. The third kappa shape index (κ3) is 5.93. The van der Waals surface area contributed by atoms with E-state index in [-0.39, 0.29) is 5.91 Å². The molecule has 0 aliphatic rings. The van der Waals surface area contributed by atoms with Crippen LogP contribution in [-0.4, -0.2) is 36.1 Å². The smallest absolute Gasteiger partial charge is 0.254 e. The molecule has 3 rings (SSSR count). The first-order chi connectivity index (χ1) is 14.2. The maximum atomic E-state index is 12.3. The molecule has 29 heavy (non-hydrogen) atoms. The summed E-state index contributed by atoms with van der Waals surface area (Å²) in [6, 6.07) is 15.3. The number of hydrogen-bond donors (Lipinski definition) is 2. The van der Waals surface area contributed by atoms with Gasteiger partial charge in [0.1, 0.15) is 11.5 Å². The first kappa shape index (κ1) is 20.1. The Kier molecular flexibility index (Phi) is 7.00. The Morgan fingerprint density at radius 3 is 2.48 bits per heavy atom. The van der Waals surface area contributed by atoms with E-state index in [1.807, 2.05) is 55.5 Å². The van der Waals surface area contributed by atoms with E-state index >= 15 is 0 Å². The standard InChI is InChI=1S/C22H24N4O3/c1-3-29-19-9-7-18(8-10-19)26-22-24-14-17(15-25-22)21(27)23-12-11-16-5-4-6-20(13-16)28-2/h4-10,13-15H,3,11-12H2,1-2H3,(H,23,27)(H,24,25,26).